The van der Waals surface area contributed by atoms with Gasteiger partial charge >= 0.3 is 0 Å². The van der Waals surface area contributed by atoms with Crippen molar-refractivity contribution < 1.29 is 0 Å². The van der Waals surface area contributed by atoms with Gasteiger partial charge in [-0.15, -0.1) is 0 Å². The molecule has 0 atom stereocenters. The zero-order valence-electron chi connectivity index (χ0n) is 37.1. The quantitative estimate of drug-likeness (QED) is 0.160. The molecule has 0 N–H and O–H groups in total. The van der Waals surface area contributed by atoms with Gasteiger partial charge in [0.1, 0.15) is 5.82 Å². The van der Waals surface area contributed by atoms with Crippen LogP contribution in [0, 0.1) is 0 Å². The van der Waals surface area contributed by atoms with Crippen molar-refractivity contribution in [2.45, 2.75) is 0 Å². The van der Waals surface area contributed by atoms with Gasteiger partial charge in [0, 0.05) is 61.2 Å². The van der Waals surface area contributed by atoms with Gasteiger partial charge in [0.05, 0.1) is 68.1 Å². The smallest absolute Gasteiger partial charge is 0.138 e. The number of fused-ring (bicyclic) bond motifs is 9. The van der Waals surface area contributed by atoms with Crippen molar-refractivity contribution in [1.29, 1.82) is 0 Å². The number of rotatable bonds is 7. The van der Waals surface area contributed by atoms with Crippen LogP contribution in [0.3, 0.4) is 0 Å². The fourth-order valence-electron chi connectivity index (χ4n) is 10.4. The molecule has 0 saturated heterocycles. The van der Waals surface area contributed by atoms with Crippen LogP contribution in [0.1, 0.15) is 0 Å². The molecule has 7 nitrogen and oxygen atoms in total. The highest BCUT2D eigenvalue weighted by molar-refractivity contribution is 6.13. The van der Waals surface area contributed by atoms with Gasteiger partial charge in [0.2, 0.25) is 0 Å². The van der Waals surface area contributed by atoms with Crippen LogP contribution in [0.5, 0.6) is 0 Å². The Kier molecular flexibility index (Phi) is 8.75. The largest absolute Gasteiger partial charge is 0.309 e. The lowest BCUT2D eigenvalue weighted by Gasteiger charge is -2.13. The topological polar surface area (TPSA) is 66.3 Å². The van der Waals surface area contributed by atoms with Gasteiger partial charge in [-0.05, 0) is 102 Å². The number of aromatic nitrogens is 7. The maximum Gasteiger partial charge on any atom is 0.138 e. The van der Waals surface area contributed by atoms with Crippen LogP contribution in [0.15, 0.2) is 237 Å². The number of para-hydroxylation sites is 3. The summed E-state index contributed by atoms with van der Waals surface area (Å²) in [4.78, 5) is 20.3. The minimum absolute atomic E-state index is 0.806. The van der Waals surface area contributed by atoms with E-state index >= 15 is 0 Å². The molecule has 322 valence electrons. The minimum Gasteiger partial charge on any atom is -0.309 e. The summed E-state index contributed by atoms with van der Waals surface area (Å²) in [5, 5.41) is 5.69. The molecule has 7 heteroatoms. The van der Waals surface area contributed by atoms with E-state index in [2.05, 4.69) is 220 Å². The predicted octanol–water partition coefficient (Wildman–Crippen LogP) is 15.2. The lowest BCUT2D eigenvalue weighted by Crippen LogP contribution is -2.00. The van der Waals surface area contributed by atoms with Crippen LogP contribution in [-0.2, 0) is 0 Å². The first-order chi connectivity index (χ1) is 34.2. The summed E-state index contributed by atoms with van der Waals surface area (Å²) >= 11 is 0. The first-order valence-corrected chi connectivity index (χ1v) is 23.2. The van der Waals surface area contributed by atoms with Crippen molar-refractivity contribution >= 4 is 65.5 Å². The maximum atomic E-state index is 5.33. The molecule has 8 aromatic carbocycles. The Labute approximate surface area is 396 Å². The molecule has 6 aromatic heterocycles. The van der Waals surface area contributed by atoms with E-state index in [1.165, 1.54) is 5.39 Å². The van der Waals surface area contributed by atoms with E-state index in [1.54, 1.807) is 0 Å². The number of pyridine rings is 2. The maximum absolute atomic E-state index is 5.33. The van der Waals surface area contributed by atoms with Crippen molar-refractivity contribution in [2.24, 2.45) is 0 Å². The van der Waals surface area contributed by atoms with Gasteiger partial charge in [-0.2, -0.15) is 0 Å². The molecule has 14 rings (SSSR count). The molecule has 69 heavy (non-hydrogen) atoms. The lowest BCUT2D eigenvalue weighted by molar-refractivity contribution is 1.08. The average Bonchev–Trinajstić information content (AvgIpc) is 4.06. The van der Waals surface area contributed by atoms with Gasteiger partial charge in [-0.25, -0.2) is 9.97 Å². The predicted molar refractivity (Wildman–Crippen MR) is 282 cm³/mol. The average molecular weight is 882 g/mol. The molecule has 0 amide bonds. The molecule has 0 spiro atoms. The fourth-order valence-corrected chi connectivity index (χ4v) is 10.4. The normalized spacial score (nSPS) is 11.8. The molecule has 14 aromatic rings. The molecule has 6 heterocycles. The van der Waals surface area contributed by atoms with Crippen molar-refractivity contribution in [3.8, 4) is 62.1 Å². The Balaban J connectivity index is 0.871. The Morgan fingerprint density at radius 2 is 0.826 bits per heavy atom. The second kappa shape index (κ2) is 15.6. The highest BCUT2D eigenvalue weighted by atomic mass is 15.1. The summed E-state index contributed by atoms with van der Waals surface area (Å²) in [5.41, 5.74) is 17.6. The van der Waals surface area contributed by atoms with E-state index < -0.39 is 0 Å². The zero-order valence-corrected chi connectivity index (χ0v) is 37.1. The SMILES string of the molecule is c1ccc(-c2cc(-c3ccccc3)nc(-n3c4ccccc4c4cc(-c5cncc(-c6ccc7c(c6)c6ccccc6n7-c6ccc7c(c6)c6ncccc6n7-c6ccccc6)n5)ccc43)c2)cc1. The summed E-state index contributed by atoms with van der Waals surface area (Å²) in [5.74, 6) is 0.862. The first kappa shape index (κ1) is 38.8. The second-order valence-corrected chi connectivity index (χ2v) is 17.5. The van der Waals surface area contributed by atoms with Crippen LogP contribution < -0.4 is 0 Å². The van der Waals surface area contributed by atoms with Crippen molar-refractivity contribution in [3.05, 3.63) is 237 Å². The summed E-state index contributed by atoms with van der Waals surface area (Å²) in [6.07, 6.45) is 5.62. The summed E-state index contributed by atoms with van der Waals surface area (Å²) in [6.45, 7) is 0. The van der Waals surface area contributed by atoms with Gasteiger partial charge in [-0.3, -0.25) is 14.5 Å². The molecule has 0 saturated carbocycles. The van der Waals surface area contributed by atoms with E-state index in [4.69, 9.17) is 19.9 Å². The Hall–Kier alpha value is -9.46. The van der Waals surface area contributed by atoms with Gasteiger partial charge < -0.3 is 9.13 Å². The van der Waals surface area contributed by atoms with Crippen LogP contribution >= 0.6 is 0 Å². The summed E-state index contributed by atoms with van der Waals surface area (Å²) < 4.78 is 6.96. The first-order valence-electron chi connectivity index (χ1n) is 23.2. The number of benzene rings is 8. The zero-order chi connectivity index (χ0) is 45.4. The highest BCUT2D eigenvalue weighted by Crippen LogP contribution is 2.40. The van der Waals surface area contributed by atoms with Crippen LogP contribution in [0.25, 0.3) is 128 Å². The molecule has 0 fully saturated rings. The molecule has 0 aliphatic rings. The van der Waals surface area contributed by atoms with E-state index in [9.17, 15) is 0 Å². The summed E-state index contributed by atoms with van der Waals surface area (Å²) in [7, 11) is 0. The van der Waals surface area contributed by atoms with Gasteiger partial charge in [0.25, 0.3) is 0 Å². The standard InChI is InChI=1S/C62H39N7/c1-4-15-40(16-5-1)44-35-52(41-17-6-2-7-18-41)66-61(36-44)69-56-24-13-11-22-48(56)50-34-43(27-30-58(50)69)54-39-63-38-53(65-54)42-26-29-57-49(33-42)47-21-10-12-23-55(47)68(57)46-28-31-59-51(37-46)62-60(25-14-32-64-62)67(59)45-19-8-3-9-20-45/h1-39H. The van der Waals surface area contributed by atoms with Gasteiger partial charge in [-0.1, -0.05) is 127 Å². The molecule has 0 radical (unpaired) electrons. The summed E-state index contributed by atoms with van der Waals surface area (Å²) in [6, 6.07) is 77.3. The molecule has 0 aliphatic heterocycles. The third-order valence-electron chi connectivity index (χ3n) is 13.6. The third-order valence-corrected chi connectivity index (χ3v) is 13.6. The van der Waals surface area contributed by atoms with Crippen LogP contribution in [0.4, 0.5) is 0 Å². The van der Waals surface area contributed by atoms with Crippen LogP contribution in [0.2, 0.25) is 0 Å². The molecule has 0 aliphatic carbocycles. The molecule has 0 bridgehead atoms. The fraction of sp³-hybridized carbons (Fsp3) is 0. The number of nitrogens with zero attached hydrogens (tertiary/aromatic N) is 7. The Morgan fingerprint density at radius 1 is 0.290 bits per heavy atom. The van der Waals surface area contributed by atoms with Crippen molar-refractivity contribution in [3.63, 3.8) is 0 Å². The van der Waals surface area contributed by atoms with E-state index in [0.717, 1.165) is 122 Å². The van der Waals surface area contributed by atoms with E-state index in [1.807, 2.05) is 30.7 Å². The molecular formula is C62H39N7. The van der Waals surface area contributed by atoms with Crippen LogP contribution in [-0.4, -0.2) is 33.6 Å². The third kappa shape index (κ3) is 6.29. The molecular weight excluding hydrogens is 843 g/mol. The van der Waals surface area contributed by atoms with Gasteiger partial charge in [0.15, 0.2) is 0 Å². The van der Waals surface area contributed by atoms with Crippen molar-refractivity contribution in [1.82, 2.24) is 33.6 Å². The number of hydrogen-bond acceptors (Lipinski definition) is 4. The monoisotopic (exact) mass is 881 g/mol. The Morgan fingerprint density at radius 3 is 1.52 bits per heavy atom. The molecule has 0 unspecified atom stereocenters. The van der Waals surface area contributed by atoms with Crippen molar-refractivity contribution in [2.75, 3.05) is 0 Å². The van der Waals surface area contributed by atoms with E-state index in [-0.39, 0.29) is 0 Å². The Bertz CT molecular complexity index is 4240. The minimum atomic E-state index is 0.806. The lowest BCUT2D eigenvalue weighted by atomic mass is 10.0. The number of hydrogen-bond donors (Lipinski definition) is 0. The second-order valence-electron chi connectivity index (χ2n) is 17.5. The van der Waals surface area contributed by atoms with E-state index in [0.29, 0.717) is 0 Å². The highest BCUT2D eigenvalue weighted by Gasteiger charge is 2.20.